The molecular weight excluding hydrogens is 1110 g/mol. The SMILES string of the molecule is Cc1ccc(N(c2ccc(C)cc2)c2c3ccccc3c(-c3nc(-c4c5ccccc5cc5ccccc45)c(-c4c5ccccc5cc5ccccc45)nc3-c3c4ccccc4c(N(c4ccc(C)cc4)c4ccc(C)cc4)c4ccccc34)c3ccccc23)cc1. The maximum atomic E-state index is 6.59. The average Bonchev–Trinajstić information content (AvgIpc) is 0.709. The highest BCUT2D eigenvalue weighted by molar-refractivity contribution is 6.28. The highest BCUT2D eigenvalue weighted by Gasteiger charge is 2.32. The Morgan fingerprint density at radius 3 is 0.609 bits per heavy atom. The third-order valence-electron chi connectivity index (χ3n) is 18.8. The van der Waals surface area contributed by atoms with Gasteiger partial charge in [0.15, 0.2) is 0 Å². The topological polar surface area (TPSA) is 32.3 Å². The van der Waals surface area contributed by atoms with Crippen LogP contribution in [0.4, 0.5) is 34.1 Å². The van der Waals surface area contributed by atoms with Gasteiger partial charge in [-0.1, -0.05) is 265 Å². The minimum Gasteiger partial charge on any atom is -0.309 e. The Morgan fingerprint density at radius 2 is 0.380 bits per heavy atom. The van der Waals surface area contributed by atoms with Crippen LogP contribution in [0.1, 0.15) is 22.3 Å². The van der Waals surface area contributed by atoms with Crippen LogP contribution in [0, 0.1) is 27.7 Å². The van der Waals surface area contributed by atoms with E-state index in [4.69, 9.17) is 9.97 Å². The van der Waals surface area contributed by atoms with Crippen LogP contribution in [0.25, 0.3) is 131 Å². The van der Waals surface area contributed by atoms with Gasteiger partial charge in [-0.3, -0.25) is 0 Å². The summed E-state index contributed by atoms with van der Waals surface area (Å²) in [7, 11) is 0. The molecule has 16 aromatic carbocycles. The van der Waals surface area contributed by atoms with Crippen molar-refractivity contribution < 1.29 is 0 Å². The van der Waals surface area contributed by atoms with E-state index in [9.17, 15) is 0 Å². The molecule has 0 radical (unpaired) electrons. The van der Waals surface area contributed by atoms with Crippen molar-refractivity contribution >= 4 is 120 Å². The standard InChI is InChI=1S/C88H62N4/c1-55-37-45-63(46-38-55)91(64-47-39-56(2)40-48-64)87-75-33-17-13-29-71(75)81(72-30-14-18-34-76(72)87)85-86(82-73-31-15-19-35-77(73)88(78-36-20-16-32-74(78)82)92(65-49-41-57(3)42-50-65)66-51-43-58(4)44-52-66)90-84(80-69-27-11-7-23-61(69)54-62-24-8-12-28-70(62)80)83(89-85)79-67-25-9-5-21-59(67)53-60-22-6-10-26-68(60)79/h5-54H,1-4H3. The van der Waals surface area contributed by atoms with Gasteiger partial charge < -0.3 is 9.80 Å². The minimum absolute atomic E-state index is 0.790. The molecule has 0 saturated carbocycles. The van der Waals surface area contributed by atoms with Gasteiger partial charge in [-0.05, 0) is 153 Å². The normalized spacial score (nSPS) is 11.7. The number of anilines is 6. The first-order valence-corrected chi connectivity index (χ1v) is 31.8. The number of rotatable bonds is 10. The van der Waals surface area contributed by atoms with Crippen LogP contribution in [0.15, 0.2) is 303 Å². The molecule has 0 amide bonds. The van der Waals surface area contributed by atoms with Crippen LogP contribution in [0.5, 0.6) is 0 Å². The highest BCUT2D eigenvalue weighted by Crippen LogP contribution is 2.55. The number of nitrogens with zero attached hydrogens (tertiary/aromatic N) is 4. The van der Waals surface area contributed by atoms with Crippen LogP contribution in [-0.4, -0.2) is 9.97 Å². The Bertz CT molecular complexity index is 5120. The molecule has 0 N–H and O–H groups in total. The molecule has 1 aromatic heterocycles. The zero-order valence-corrected chi connectivity index (χ0v) is 51.7. The number of fused-ring (bicyclic) bond motifs is 8. The summed E-state index contributed by atoms with van der Waals surface area (Å²) in [5, 5.41) is 17.6. The number of aromatic nitrogens is 2. The maximum absolute atomic E-state index is 6.59. The van der Waals surface area contributed by atoms with Gasteiger partial charge in [0.2, 0.25) is 0 Å². The minimum atomic E-state index is 0.790. The number of aryl methyl sites for hydroxylation is 4. The van der Waals surface area contributed by atoms with Gasteiger partial charge in [-0.15, -0.1) is 0 Å². The van der Waals surface area contributed by atoms with Crippen molar-refractivity contribution in [2.75, 3.05) is 9.80 Å². The number of benzene rings is 16. The smallest absolute Gasteiger partial charge is 0.0986 e. The zero-order valence-electron chi connectivity index (χ0n) is 51.7. The van der Waals surface area contributed by atoms with Crippen molar-refractivity contribution in [2.24, 2.45) is 0 Å². The van der Waals surface area contributed by atoms with Crippen LogP contribution >= 0.6 is 0 Å². The lowest BCUT2D eigenvalue weighted by Gasteiger charge is -2.31. The first-order chi connectivity index (χ1) is 45.3. The average molecular weight is 1180 g/mol. The van der Waals surface area contributed by atoms with Gasteiger partial charge in [-0.25, -0.2) is 9.97 Å². The van der Waals surface area contributed by atoms with E-state index in [0.29, 0.717) is 0 Å². The van der Waals surface area contributed by atoms with E-state index in [0.717, 1.165) is 165 Å². The summed E-state index contributed by atoms with van der Waals surface area (Å²) in [6.45, 7) is 8.63. The molecule has 0 atom stereocenters. The summed E-state index contributed by atoms with van der Waals surface area (Å²) in [4.78, 5) is 18.1. The predicted molar refractivity (Wildman–Crippen MR) is 392 cm³/mol. The van der Waals surface area contributed by atoms with Crippen LogP contribution in [0.3, 0.4) is 0 Å². The van der Waals surface area contributed by atoms with Crippen molar-refractivity contribution in [3.8, 4) is 45.0 Å². The van der Waals surface area contributed by atoms with E-state index in [1.165, 1.54) is 22.3 Å². The molecule has 17 aromatic rings. The molecule has 17 rings (SSSR count). The molecule has 0 saturated heterocycles. The molecule has 92 heavy (non-hydrogen) atoms. The summed E-state index contributed by atoms with van der Waals surface area (Å²) in [5.41, 5.74) is 18.6. The van der Waals surface area contributed by atoms with Crippen LogP contribution < -0.4 is 9.80 Å². The molecule has 4 nitrogen and oxygen atoms in total. The molecule has 0 fully saturated rings. The summed E-state index contributed by atoms with van der Waals surface area (Å²) in [6.07, 6.45) is 0. The Labute approximate surface area is 535 Å². The van der Waals surface area contributed by atoms with E-state index in [2.05, 4.69) is 341 Å². The lowest BCUT2D eigenvalue weighted by molar-refractivity contribution is 1.23. The van der Waals surface area contributed by atoms with Gasteiger partial charge in [0.05, 0.1) is 34.2 Å². The predicted octanol–water partition coefficient (Wildman–Crippen LogP) is 24.5. The zero-order chi connectivity index (χ0) is 61.6. The molecule has 4 heteroatoms. The molecule has 0 bridgehead atoms. The molecule has 0 aliphatic heterocycles. The second kappa shape index (κ2) is 22.1. The Kier molecular flexibility index (Phi) is 13.1. The van der Waals surface area contributed by atoms with Gasteiger partial charge in [0.25, 0.3) is 0 Å². The fourth-order valence-corrected chi connectivity index (χ4v) is 14.5. The first-order valence-electron chi connectivity index (χ1n) is 31.8. The summed E-state index contributed by atoms with van der Waals surface area (Å²) in [6, 6.07) is 112. The Hall–Kier alpha value is -11.7. The summed E-state index contributed by atoms with van der Waals surface area (Å²) >= 11 is 0. The molecule has 0 aliphatic rings. The molecule has 0 unspecified atom stereocenters. The second-order valence-corrected chi connectivity index (χ2v) is 24.6. The van der Waals surface area contributed by atoms with Crippen molar-refractivity contribution in [2.45, 2.75) is 27.7 Å². The van der Waals surface area contributed by atoms with E-state index < -0.39 is 0 Å². The molecule has 434 valence electrons. The van der Waals surface area contributed by atoms with Gasteiger partial charge in [0, 0.05) is 66.5 Å². The van der Waals surface area contributed by atoms with Crippen molar-refractivity contribution in [1.82, 2.24) is 9.97 Å². The summed E-state index contributed by atoms with van der Waals surface area (Å²) in [5.74, 6) is 0. The molecular formula is C88H62N4. The van der Waals surface area contributed by atoms with Crippen molar-refractivity contribution in [1.29, 1.82) is 0 Å². The van der Waals surface area contributed by atoms with Crippen LogP contribution in [-0.2, 0) is 0 Å². The fourth-order valence-electron chi connectivity index (χ4n) is 14.5. The second-order valence-electron chi connectivity index (χ2n) is 24.6. The van der Waals surface area contributed by atoms with E-state index in [1.54, 1.807) is 0 Å². The van der Waals surface area contributed by atoms with Gasteiger partial charge in [-0.2, -0.15) is 0 Å². The van der Waals surface area contributed by atoms with Gasteiger partial charge >= 0.3 is 0 Å². The Morgan fingerprint density at radius 1 is 0.196 bits per heavy atom. The van der Waals surface area contributed by atoms with E-state index >= 15 is 0 Å². The van der Waals surface area contributed by atoms with Crippen LogP contribution in [0.2, 0.25) is 0 Å². The quantitative estimate of drug-likeness (QED) is 0.128. The largest absolute Gasteiger partial charge is 0.309 e. The number of hydrogen-bond acceptors (Lipinski definition) is 4. The third-order valence-corrected chi connectivity index (χ3v) is 18.8. The van der Waals surface area contributed by atoms with E-state index in [1.807, 2.05) is 0 Å². The third kappa shape index (κ3) is 8.97. The highest BCUT2D eigenvalue weighted by atomic mass is 15.2. The van der Waals surface area contributed by atoms with Crippen molar-refractivity contribution in [3.63, 3.8) is 0 Å². The maximum Gasteiger partial charge on any atom is 0.0986 e. The summed E-state index contributed by atoms with van der Waals surface area (Å²) < 4.78 is 0. The lowest BCUT2D eigenvalue weighted by Crippen LogP contribution is -2.12. The monoisotopic (exact) mass is 1170 g/mol. The Balaban J connectivity index is 1.10. The van der Waals surface area contributed by atoms with E-state index in [-0.39, 0.29) is 0 Å². The number of hydrogen-bond donors (Lipinski definition) is 0. The first kappa shape index (κ1) is 54.4. The van der Waals surface area contributed by atoms with Gasteiger partial charge in [0.1, 0.15) is 0 Å². The molecule has 0 spiro atoms. The fraction of sp³-hybridized carbons (Fsp3) is 0.0455. The molecule has 0 aliphatic carbocycles. The van der Waals surface area contributed by atoms with Crippen molar-refractivity contribution in [3.05, 3.63) is 326 Å². The molecule has 1 heterocycles. The lowest BCUT2D eigenvalue weighted by atomic mass is 9.85.